The number of fused-ring (bicyclic) bond motifs is 1. The number of hydrogen-bond donors (Lipinski definition) is 4. The van der Waals surface area contributed by atoms with Crippen LogP contribution >= 0.6 is 22.9 Å². The van der Waals surface area contributed by atoms with Gasteiger partial charge in [0, 0.05) is 17.8 Å². The lowest BCUT2D eigenvalue weighted by atomic mass is 9.86. The van der Waals surface area contributed by atoms with E-state index in [0.29, 0.717) is 16.9 Å². The van der Waals surface area contributed by atoms with Gasteiger partial charge < -0.3 is 30.1 Å². The van der Waals surface area contributed by atoms with E-state index in [-0.39, 0.29) is 35.7 Å². The van der Waals surface area contributed by atoms with Crippen molar-refractivity contribution in [3.8, 4) is 0 Å². The molecule has 5 rings (SSSR count). The van der Waals surface area contributed by atoms with Crippen molar-refractivity contribution in [2.75, 3.05) is 11.9 Å². The molecule has 0 aliphatic carbocycles. The van der Waals surface area contributed by atoms with E-state index in [0.717, 1.165) is 0 Å². The first-order chi connectivity index (χ1) is 19.0. The Morgan fingerprint density at radius 1 is 1.32 bits per heavy atom. The van der Waals surface area contributed by atoms with Gasteiger partial charge in [0.2, 0.25) is 10.9 Å². The van der Waals surface area contributed by atoms with Gasteiger partial charge >= 0.3 is 5.97 Å². The molecular weight excluding hydrogens is 560 g/mol. The van der Waals surface area contributed by atoms with Gasteiger partial charge in [-0.3, -0.25) is 4.57 Å². The van der Waals surface area contributed by atoms with Gasteiger partial charge in [0.1, 0.15) is 17.8 Å². The van der Waals surface area contributed by atoms with Gasteiger partial charge in [0.25, 0.3) is 0 Å². The molecular formula is C26H29ClN6O6S. The fourth-order valence-electron chi connectivity index (χ4n) is 4.73. The summed E-state index contributed by atoms with van der Waals surface area (Å²) in [6, 6.07) is 9.03. The number of aliphatic hydroxyl groups excluding tert-OH is 1. The van der Waals surface area contributed by atoms with Crippen molar-refractivity contribution in [2.45, 2.75) is 62.9 Å². The van der Waals surface area contributed by atoms with Crippen LogP contribution in [0, 0.1) is 0 Å². The number of nitrogens with zero attached hydrogens (tertiary/aromatic N) is 5. The molecule has 12 nitrogen and oxygen atoms in total. The molecule has 0 radical (unpaired) electrons. The van der Waals surface area contributed by atoms with E-state index in [2.05, 4.69) is 25.3 Å². The molecule has 0 spiro atoms. The van der Waals surface area contributed by atoms with Gasteiger partial charge in [-0.2, -0.15) is 9.97 Å². The number of halogens is 1. The molecule has 0 saturated carbocycles. The third kappa shape index (κ3) is 5.16. The highest BCUT2D eigenvalue weighted by Crippen LogP contribution is 2.40. The monoisotopic (exact) mass is 588 g/mol. The molecule has 4 heterocycles. The fraction of sp³-hybridized carbons (Fsp3) is 0.423. The molecule has 14 heteroatoms. The fourth-order valence-corrected chi connectivity index (χ4v) is 5.51. The number of carbonyl (C=O) groups is 1. The lowest BCUT2D eigenvalue weighted by Crippen LogP contribution is -2.62. The van der Waals surface area contributed by atoms with Crippen molar-refractivity contribution in [1.82, 2.24) is 24.5 Å². The average Bonchev–Trinajstić information content (AvgIpc) is 3.58. The Kier molecular flexibility index (Phi) is 7.79. The SMILES string of the molecule is CC(C)Nc1nc(Cl)nc2c1ncn2[C@@H]1OC[C@H](O[C@](Cc2ccccc2)(C(=O)O)c2cscn2)C(C)(O)[C@H]1O. The number of rotatable bonds is 9. The second-order valence-corrected chi connectivity index (χ2v) is 11.2. The van der Waals surface area contributed by atoms with Gasteiger partial charge in [-0.15, -0.1) is 11.3 Å². The molecule has 1 aliphatic rings. The van der Waals surface area contributed by atoms with Crippen molar-refractivity contribution in [2.24, 2.45) is 0 Å². The summed E-state index contributed by atoms with van der Waals surface area (Å²) in [5.74, 6) is -0.871. The number of aliphatic hydroxyl groups is 2. The Morgan fingerprint density at radius 3 is 2.73 bits per heavy atom. The first kappa shape index (κ1) is 28.3. The number of aliphatic carboxylic acids is 1. The average molecular weight is 589 g/mol. The molecule has 4 N–H and O–H groups in total. The minimum absolute atomic E-state index is 0.0360. The highest BCUT2D eigenvalue weighted by molar-refractivity contribution is 7.07. The van der Waals surface area contributed by atoms with Crippen molar-refractivity contribution in [3.05, 3.63) is 64.1 Å². The minimum Gasteiger partial charge on any atom is -0.479 e. The summed E-state index contributed by atoms with van der Waals surface area (Å²) in [7, 11) is 0. The molecule has 40 heavy (non-hydrogen) atoms. The zero-order valence-corrected chi connectivity index (χ0v) is 23.5. The summed E-state index contributed by atoms with van der Waals surface area (Å²) in [6.07, 6.45) is -2.60. The number of carboxylic acid groups (broad SMARTS) is 1. The second-order valence-electron chi connectivity index (χ2n) is 10.1. The third-order valence-corrected chi connectivity index (χ3v) is 7.62. The Balaban J connectivity index is 1.48. The highest BCUT2D eigenvalue weighted by Gasteiger charge is 2.55. The number of benzene rings is 1. The van der Waals surface area contributed by atoms with Crippen LogP contribution in [0.1, 0.15) is 38.3 Å². The third-order valence-electron chi connectivity index (χ3n) is 6.86. The second kappa shape index (κ2) is 11.0. The maximum Gasteiger partial charge on any atom is 0.342 e. The number of carboxylic acids is 1. The number of hydrogen-bond acceptors (Lipinski definition) is 11. The molecule has 1 aliphatic heterocycles. The summed E-state index contributed by atoms with van der Waals surface area (Å²) in [6.45, 7) is 4.99. The van der Waals surface area contributed by atoms with Crippen LogP contribution in [0.4, 0.5) is 5.82 Å². The number of anilines is 1. The van der Waals surface area contributed by atoms with Crippen molar-refractivity contribution in [3.63, 3.8) is 0 Å². The number of thiazole rings is 1. The van der Waals surface area contributed by atoms with Gasteiger partial charge in [-0.25, -0.2) is 14.8 Å². The van der Waals surface area contributed by atoms with Gasteiger partial charge in [-0.05, 0) is 37.9 Å². The quantitative estimate of drug-likeness (QED) is 0.212. The molecule has 1 fully saturated rings. The molecule has 4 aromatic rings. The normalized spacial score (nSPS) is 24.7. The standard InChI is InChI=1S/C26H29ClN6O6S/c1-14(2)30-20-18-21(32-24(27)31-20)33(12-28-18)22-19(34)25(3,37)17(10-38-22)39-26(23(35)36,16-11-40-13-29-16)9-15-7-5-4-6-8-15/h4-8,11-14,17,19,22,34,37H,9-10H2,1-3H3,(H,35,36)(H,30,31,32)/t17-,19-,22+,25?,26-/m0/s1. The Hall–Kier alpha value is -3.20. The zero-order valence-electron chi connectivity index (χ0n) is 21.9. The van der Waals surface area contributed by atoms with Crippen LogP contribution < -0.4 is 5.32 Å². The summed E-state index contributed by atoms with van der Waals surface area (Å²) in [5.41, 5.74) is -0.828. The van der Waals surface area contributed by atoms with E-state index in [9.17, 15) is 20.1 Å². The Bertz CT molecular complexity index is 1480. The van der Waals surface area contributed by atoms with Crippen LogP contribution in [0.5, 0.6) is 0 Å². The molecule has 1 aromatic carbocycles. The topological polar surface area (TPSA) is 165 Å². The maximum atomic E-state index is 12.8. The molecule has 5 atom stereocenters. The number of nitrogens with one attached hydrogen (secondary N) is 1. The van der Waals surface area contributed by atoms with E-state index < -0.39 is 35.6 Å². The molecule has 0 bridgehead atoms. The maximum absolute atomic E-state index is 12.8. The summed E-state index contributed by atoms with van der Waals surface area (Å²) in [4.78, 5) is 29.9. The van der Waals surface area contributed by atoms with Crippen LogP contribution in [0.15, 0.2) is 47.5 Å². The largest absolute Gasteiger partial charge is 0.479 e. The van der Waals surface area contributed by atoms with E-state index in [1.807, 2.05) is 19.9 Å². The summed E-state index contributed by atoms with van der Waals surface area (Å²) >= 11 is 7.40. The highest BCUT2D eigenvalue weighted by atomic mass is 35.5. The van der Waals surface area contributed by atoms with Crippen molar-refractivity contribution >= 4 is 45.9 Å². The number of imidazole rings is 1. The van der Waals surface area contributed by atoms with Crippen molar-refractivity contribution < 1.29 is 29.6 Å². The first-order valence-corrected chi connectivity index (χ1v) is 13.9. The van der Waals surface area contributed by atoms with E-state index in [1.165, 1.54) is 34.7 Å². The summed E-state index contributed by atoms with van der Waals surface area (Å²) in [5, 5.41) is 38.2. The lowest BCUT2D eigenvalue weighted by molar-refractivity contribution is -0.287. The van der Waals surface area contributed by atoms with Gasteiger partial charge in [0.05, 0.1) is 24.1 Å². The zero-order chi connectivity index (χ0) is 28.7. The molecule has 1 unspecified atom stereocenters. The predicted molar refractivity (Wildman–Crippen MR) is 147 cm³/mol. The molecule has 212 valence electrons. The van der Waals surface area contributed by atoms with Crippen LogP contribution in [0.2, 0.25) is 5.28 Å². The van der Waals surface area contributed by atoms with Crippen LogP contribution in [-0.2, 0) is 26.3 Å². The predicted octanol–water partition coefficient (Wildman–Crippen LogP) is 3.01. The lowest BCUT2D eigenvalue weighted by Gasteiger charge is -2.47. The van der Waals surface area contributed by atoms with Crippen LogP contribution in [0.25, 0.3) is 11.2 Å². The summed E-state index contributed by atoms with van der Waals surface area (Å²) < 4.78 is 13.7. The van der Waals surface area contributed by atoms with Gasteiger partial charge in [-0.1, -0.05) is 30.3 Å². The number of ether oxygens (including phenoxy) is 2. The molecule has 1 saturated heterocycles. The first-order valence-electron chi connectivity index (χ1n) is 12.6. The number of aromatic nitrogens is 5. The minimum atomic E-state index is -1.96. The van der Waals surface area contributed by atoms with Gasteiger partial charge in [0.15, 0.2) is 23.2 Å². The molecule has 3 aromatic heterocycles. The van der Waals surface area contributed by atoms with Crippen LogP contribution in [0.3, 0.4) is 0 Å². The van der Waals surface area contributed by atoms with E-state index in [1.54, 1.807) is 29.6 Å². The molecule has 0 amide bonds. The van der Waals surface area contributed by atoms with E-state index >= 15 is 0 Å². The smallest absolute Gasteiger partial charge is 0.342 e. The van der Waals surface area contributed by atoms with Crippen molar-refractivity contribution in [1.29, 1.82) is 0 Å². The van der Waals surface area contributed by atoms with Crippen LogP contribution in [-0.4, -0.2) is 76.2 Å². The van der Waals surface area contributed by atoms with E-state index in [4.69, 9.17) is 21.1 Å². The Morgan fingerprint density at radius 2 is 2.08 bits per heavy atom. The Labute approximate surface area is 238 Å².